The van der Waals surface area contributed by atoms with E-state index >= 15 is 0 Å². The Balaban J connectivity index is 2.09. The Labute approximate surface area is 111 Å². The Hall–Kier alpha value is 0.0634. The van der Waals surface area contributed by atoms with E-state index in [0.717, 1.165) is 19.0 Å². The minimum atomic E-state index is -4.44. The Morgan fingerprint density at radius 3 is 2.88 bits per heavy atom. The summed E-state index contributed by atoms with van der Waals surface area (Å²) in [5.41, 5.74) is 0.523. The van der Waals surface area contributed by atoms with Crippen LogP contribution < -0.4 is 0 Å². The van der Waals surface area contributed by atoms with Crippen LogP contribution in [0.1, 0.15) is 24.5 Å². The second kappa shape index (κ2) is 5.37. The van der Waals surface area contributed by atoms with Gasteiger partial charge in [-0.15, -0.1) is 0 Å². The molecular weight excluding hydrogens is 354 g/mol. The number of nitrogens with zero attached hydrogens (tertiary/aromatic N) is 2. The fourth-order valence-corrected chi connectivity index (χ4v) is 6.51. The Kier molecular flexibility index (Phi) is 4.26. The van der Waals surface area contributed by atoms with E-state index in [9.17, 15) is 13.2 Å². The molecule has 1 aliphatic heterocycles. The molecule has 0 N–H and O–H groups in total. The summed E-state index contributed by atoms with van der Waals surface area (Å²) < 4.78 is 43.3. The van der Waals surface area contributed by atoms with Gasteiger partial charge in [0.2, 0.25) is 0 Å². The predicted octanol–water partition coefficient (Wildman–Crippen LogP) is 3.39. The van der Waals surface area contributed by atoms with Crippen molar-refractivity contribution in [1.82, 2.24) is 9.78 Å². The van der Waals surface area contributed by atoms with Crippen molar-refractivity contribution in [3.05, 3.63) is 18.0 Å². The SMILES string of the molecule is FC(F)(F)n1cc(C2C[CH]([Zn][Br])CCO2)cn1. The van der Waals surface area contributed by atoms with Gasteiger partial charge in [0.25, 0.3) is 0 Å². The van der Waals surface area contributed by atoms with Crippen LogP contribution >= 0.6 is 13.6 Å². The van der Waals surface area contributed by atoms with Crippen molar-refractivity contribution in [2.75, 3.05) is 6.61 Å². The van der Waals surface area contributed by atoms with Gasteiger partial charge in [-0.25, -0.2) is 0 Å². The van der Waals surface area contributed by atoms with Crippen molar-refractivity contribution in [3.63, 3.8) is 0 Å². The first-order valence-corrected chi connectivity index (χ1v) is 14.0. The molecular formula is C9H10BrF3N2OZn. The molecule has 1 saturated heterocycles. The Morgan fingerprint density at radius 2 is 2.29 bits per heavy atom. The Morgan fingerprint density at radius 1 is 1.53 bits per heavy atom. The summed E-state index contributed by atoms with van der Waals surface area (Å²) in [7, 11) is 0. The summed E-state index contributed by atoms with van der Waals surface area (Å²) in [5, 5.41) is 3.33. The van der Waals surface area contributed by atoms with Crippen molar-refractivity contribution in [2.45, 2.75) is 29.8 Å². The van der Waals surface area contributed by atoms with Crippen LogP contribution in [0.15, 0.2) is 12.4 Å². The van der Waals surface area contributed by atoms with Gasteiger partial charge in [-0.2, -0.15) is 0 Å². The number of ether oxygens (including phenoxy) is 1. The second-order valence-corrected chi connectivity index (χ2v) is 10.5. The molecule has 92 valence electrons. The summed E-state index contributed by atoms with van der Waals surface area (Å²) in [6.07, 6.45) is -0.562. The van der Waals surface area contributed by atoms with E-state index in [0.29, 0.717) is 16.7 Å². The van der Waals surface area contributed by atoms with E-state index < -0.39 is 21.5 Å². The van der Waals surface area contributed by atoms with Crippen molar-refractivity contribution >= 4 is 13.6 Å². The predicted molar refractivity (Wildman–Crippen MR) is 54.1 cm³/mol. The molecule has 2 heterocycles. The number of halogens is 4. The number of rotatable bonds is 2. The average molecular weight is 364 g/mol. The summed E-state index contributed by atoms with van der Waals surface area (Å²) in [6, 6.07) is 0. The third-order valence-electron chi connectivity index (χ3n) is 2.84. The number of hydrogen-bond donors (Lipinski definition) is 0. The van der Waals surface area contributed by atoms with Crippen LogP contribution in [0.4, 0.5) is 13.2 Å². The average Bonchev–Trinajstić information content (AvgIpc) is 2.78. The van der Waals surface area contributed by atoms with Crippen LogP contribution in [0, 0.1) is 0 Å². The topological polar surface area (TPSA) is 27.1 Å². The van der Waals surface area contributed by atoms with Crippen LogP contribution in [0.25, 0.3) is 0 Å². The van der Waals surface area contributed by atoms with E-state index in [2.05, 4.69) is 18.7 Å². The molecule has 8 heteroatoms. The van der Waals surface area contributed by atoms with Gasteiger partial charge in [-0.05, 0) is 0 Å². The molecule has 3 nitrogen and oxygen atoms in total. The summed E-state index contributed by atoms with van der Waals surface area (Å²) >= 11 is 2.87. The zero-order valence-electron chi connectivity index (χ0n) is 8.95. The summed E-state index contributed by atoms with van der Waals surface area (Å²) in [6.45, 7) is 0.628. The molecule has 1 aromatic heterocycles. The van der Waals surface area contributed by atoms with Gasteiger partial charge in [0.1, 0.15) is 0 Å². The zero-order valence-corrected chi connectivity index (χ0v) is 13.5. The normalized spacial score (nSPS) is 25.6. The first-order chi connectivity index (χ1) is 8.00. The molecule has 1 aliphatic rings. The molecule has 0 radical (unpaired) electrons. The van der Waals surface area contributed by atoms with Crippen LogP contribution in [0.5, 0.6) is 0 Å². The fourth-order valence-electron chi connectivity index (χ4n) is 1.88. The first kappa shape index (κ1) is 13.5. The maximum atomic E-state index is 12.4. The minimum absolute atomic E-state index is 0.0326. The fraction of sp³-hybridized carbons (Fsp3) is 0.667. The number of alkyl halides is 3. The van der Waals surface area contributed by atoms with Crippen LogP contribution in [0.2, 0.25) is 4.51 Å². The van der Waals surface area contributed by atoms with E-state index in [-0.39, 0.29) is 10.8 Å². The monoisotopic (exact) mass is 362 g/mol. The quantitative estimate of drug-likeness (QED) is 0.752. The molecule has 0 aliphatic carbocycles. The van der Waals surface area contributed by atoms with Gasteiger partial charge in [0.05, 0.1) is 0 Å². The summed E-state index contributed by atoms with van der Waals surface area (Å²) in [5.74, 6) is 0. The standard InChI is InChI=1S/C9H10F3N2O.BrH.Zn/c10-9(11,12)14-6-7(5-13-14)8-3-1-2-4-15-8;;/h1,5-6,8H,2-4H2;1H;/q;;+1/p-1. The molecule has 0 amide bonds. The number of hydrogen-bond acceptors (Lipinski definition) is 2. The third-order valence-corrected chi connectivity index (χ3v) is 10.1. The van der Waals surface area contributed by atoms with Gasteiger partial charge in [0, 0.05) is 0 Å². The van der Waals surface area contributed by atoms with Crippen LogP contribution in [0.3, 0.4) is 0 Å². The number of aromatic nitrogens is 2. The van der Waals surface area contributed by atoms with Gasteiger partial charge in [-0.3, -0.25) is 0 Å². The van der Waals surface area contributed by atoms with E-state index in [1.165, 1.54) is 6.20 Å². The van der Waals surface area contributed by atoms with E-state index in [1.54, 1.807) is 0 Å². The van der Waals surface area contributed by atoms with Gasteiger partial charge >= 0.3 is 111 Å². The van der Waals surface area contributed by atoms with Crippen LogP contribution in [-0.4, -0.2) is 16.4 Å². The van der Waals surface area contributed by atoms with Crippen molar-refractivity contribution in [2.24, 2.45) is 0 Å². The molecule has 0 spiro atoms. The van der Waals surface area contributed by atoms with Gasteiger partial charge < -0.3 is 0 Å². The Bertz CT molecular complexity index is 385. The maximum absolute atomic E-state index is 12.4. The van der Waals surface area contributed by atoms with Gasteiger partial charge in [-0.1, -0.05) is 0 Å². The zero-order chi connectivity index (χ0) is 12.5. The first-order valence-electron chi connectivity index (χ1n) is 5.30. The third kappa shape index (κ3) is 3.29. The molecule has 17 heavy (non-hydrogen) atoms. The van der Waals surface area contributed by atoms with Crippen molar-refractivity contribution in [3.8, 4) is 0 Å². The molecule has 2 rings (SSSR count). The summed E-state index contributed by atoms with van der Waals surface area (Å²) in [4.78, 5) is 0. The molecule has 0 aromatic carbocycles. The molecule has 1 fully saturated rings. The molecule has 2 unspecified atom stereocenters. The van der Waals surface area contributed by atoms with Crippen LogP contribution in [-0.2, 0) is 26.2 Å². The molecule has 2 atom stereocenters. The second-order valence-electron chi connectivity index (χ2n) is 4.09. The van der Waals surface area contributed by atoms with E-state index in [1.807, 2.05) is 0 Å². The molecule has 0 bridgehead atoms. The molecule has 0 saturated carbocycles. The van der Waals surface area contributed by atoms with Gasteiger partial charge in [0.15, 0.2) is 0 Å². The van der Waals surface area contributed by atoms with E-state index in [4.69, 9.17) is 4.74 Å². The molecule has 1 aromatic rings. The van der Waals surface area contributed by atoms with Crippen molar-refractivity contribution in [1.29, 1.82) is 0 Å². The van der Waals surface area contributed by atoms with Crippen molar-refractivity contribution < 1.29 is 33.1 Å².